The lowest BCUT2D eigenvalue weighted by atomic mass is 9.61. The highest BCUT2D eigenvalue weighted by Gasteiger charge is 2.45. The van der Waals surface area contributed by atoms with Crippen molar-refractivity contribution in [1.82, 2.24) is 0 Å². The minimum Gasteiger partial charge on any atom is -0.466 e. The first-order chi connectivity index (χ1) is 14.9. The molecular weight excluding hydrogens is 392 g/mol. The largest absolute Gasteiger partial charge is 0.466 e. The Hall–Kier alpha value is -2.66. The van der Waals surface area contributed by atoms with Crippen molar-refractivity contribution in [3.8, 4) is 0 Å². The molecule has 1 unspecified atom stereocenters. The Morgan fingerprint density at radius 1 is 1.00 bits per heavy atom. The smallest absolute Gasteiger partial charge is 0.343 e. The summed E-state index contributed by atoms with van der Waals surface area (Å²) in [6.45, 7) is 6.28. The highest BCUT2D eigenvalue weighted by Crippen LogP contribution is 2.49. The van der Waals surface area contributed by atoms with Crippen LogP contribution < -0.4 is 0 Å². The fraction of sp³-hybridized carbons (Fsp3) is 0.462. The number of rotatable bonds is 9. The first kappa shape index (κ1) is 23.0. The second kappa shape index (κ2) is 10.1. The van der Waals surface area contributed by atoms with Gasteiger partial charge >= 0.3 is 11.9 Å². The van der Waals surface area contributed by atoms with E-state index in [1.807, 2.05) is 61.5 Å². The van der Waals surface area contributed by atoms with Gasteiger partial charge in [0.1, 0.15) is 6.61 Å². The van der Waals surface area contributed by atoms with Gasteiger partial charge in [0.05, 0.1) is 12.5 Å². The van der Waals surface area contributed by atoms with Gasteiger partial charge in [-0.05, 0) is 42.9 Å². The number of carbonyl (C=O) groups excluding carboxylic acids is 2. The fourth-order valence-corrected chi connectivity index (χ4v) is 4.37. The van der Waals surface area contributed by atoms with Crippen LogP contribution in [0.4, 0.5) is 0 Å². The van der Waals surface area contributed by atoms with E-state index in [0.717, 1.165) is 29.5 Å². The Bertz CT molecular complexity index is 876. The minimum atomic E-state index is -1.16. The summed E-state index contributed by atoms with van der Waals surface area (Å²) < 4.78 is 16.3. The molecule has 0 radical (unpaired) electrons. The van der Waals surface area contributed by atoms with Gasteiger partial charge in [0.25, 0.3) is 0 Å². The Morgan fingerprint density at radius 2 is 1.68 bits per heavy atom. The second-order valence-electron chi connectivity index (χ2n) is 8.21. The van der Waals surface area contributed by atoms with Crippen molar-refractivity contribution in [2.24, 2.45) is 11.8 Å². The average molecular weight is 425 g/mol. The molecule has 1 aliphatic rings. The number of ether oxygens (including phenoxy) is 3. The van der Waals surface area contributed by atoms with Crippen LogP contribution in [0.3, 0.4) is 0 Å². The predicted octanol–water partition coefficient (Wildman–Crippen LogP) is 4.98. The zero-order valence-electron chi connectivity index (χ0n) is 18.8. The molecule has 0 aromatic heterocycles. The average Bonchev–Trinajstić information content (AvgIpc) is 2.78. The molecule has 0 N–H and O–H groups in total. The van der Waals surface area contributed by atoms with E-state index in [-0.39, 0.29) is 24.4 Å². The molecule has 1 aliphatic carbocycles. The predicted molar refractivity (Wildman–Crippen MR) is 118 cm³/mol. The summed E-state index contributed by atoms with van der Waals surface area (Å²) in [4.78, 5) is 25.0. The number of methoxy groups -OCH3 is 1. The summed E-state index contributed by atoms with van der Waals surface area (Å²) in [7, 11) is 1.51. The van der Waals surface area contributed by atoms with Crippen LogP contribution in [0.2, 0.25) is 0 Å². The maximum absolute atomic E-state index is 12.8. The molecule has 31 heavy (non-hydrogen) atoms. The third kappa shape index (κ3) is 4.82. The van der Waals surface area contributed by atoms with Crippen LogP contribution in [0.15, 0.2) is 54.6 Å². The van der Waals surface area contributed by atoms with E-state index in [1.54, 1.807) is 6.92 Å². The van der Waals surface area contributed by atoms with Gasteiger partial charge in [-0.25, -0.2) is 4.79 Å². The maximum Gasteiger partial charge on any atom is 0.343 e. The topological polar surface area (TPSA) is 61.8 Å². The molecule has 0 heterocycles. The van der Waals surface area contributed by atoms with Gasteiger partial charge in [-0.3, -0.25) is 4.79 Å². The fourth-order valence-electron chi connectivity index (χ4n) is 4.37. The van der Waals surface area contributed by atoms with Gasteiger partial charge in [-0.15, -0.1) is 0 Å². The first-order valence-corrected chi connectivity index (χ1v) is 11.0. The van der Waals surface area contributed by atoms with Crippen LogP contribution in [0.5, 0.6) is 0 Å². The number of hydrogen-bond acceptors (Lipinski definition) is 5. The van der Waals surface area contributed by atoms with Gasteiger partial charge < -0.3 is 14.2 Å². The van der Waals surface area contributed by atoms with Gasteiger partial charge in [-0.1, -0.05) is 67.9 Å². The molecule has 0 aliphatic heterocycles. The van der Waals surface area contributed by atoms with Crippen molar-refractivity contribution in [2.45, 2.75) is 51.7 Å². The van der Waals surface area contributed by atoms with Crippen molar-refractivity contribution >= 4 is 11.9 Å². The Balaban J connectivity index is 1.65. The minimum absolute atomic E-state index is 0.0677. The number of carbonyl (C=O) groups is 2. The molecule has 5 nitrogen and oxygen atoms in total. The van der Waals surface area contributed by atoms with Gasteiger partial charge in [0.2, 0.25) is 0 Å². The summed E-state index contributed by atoms with van der Waals surface area (Å²) in [5, 5.41) is 0. The molecule has 0 amide bonds. The van der Waals surface area contributed by atoms with E-state index in [0.29, 0.717) is 12.5 Å². The molecule has 0 saturated heterocycles. The SMILES string of the molecule is CCOC(=O)[C@H]1C[C@H](CC)C1c1ccc(COC(=O)[C@](C)(OC)c2ccccc2)cc1. The van der Waals surface area contributed by atoms with Gasteiger partial charge in [0.15, 0.2) is 5.60 Å². The summed E-state index contributed by atoms with van der Waals surface area (Å²) >= 11 is 0. The molecule has 3 rings (SSSR count). The molecule has 1 saturated carbocycles. The molecule has 166 valence electrons. The molecule has 2 aromatic carbocycles. The summed E-state index contributed by atoms with van der Waals surface area (Å²) in [5.74, 6) is 0.0800. The summed E-state index contributed by atoms with van der Waals surface area (Å²) in [6.07, 6.45) is 1.92. The first-order valence-electron chi connectivity index (χ1n) is 11.0. The number of hydrogen-bond donors (Lipinski definition) is 0. The van der Waals surface area contributed by atoms with Crippen LogP contribution in [0.25, 0.3) is 0 Å². The normalized spacial score (nSPS) is 22.1. The van der Waals surface area contributed by atoms with Crippen molar-refractivity contribution in [3.05, 3.63) is 71.3 Å². The third-order valence-corrected chi connectivity index (χ3v) is 6.47. The highest BCUT2D eigenvalue weighted by atomic mass is 16.6. The Morgan fingerprint density at radius 3 is 2.26 bits per heavy atom. The van der Waals surface area contributed by atoms with Crippen molar-refractivity contribution in [1.29, 1.82) is 0 Å². The van der Waals surface area contributed by atoms with E-state index in [1.165, 1.54) is 7.11 Å². The zero-order valence-corrected chi connectivity index (χ0v) is 18.8. The monoisotopic (exact) mass is 424 g/mol. The van der Waals surface area contributed by atoms with Crippen LogP contribution in [0, 0.1) is 11.8 Å². The molecule has 0 bridgehead atoms. The van der Waals surface area contributed by atoms with Crippen LogP contribution >= 0.6 is 0 Å². The van der Waals surface area contributed by atoms with E-state index < -0.39 is 11.6 Å². The Kier molecular flexibility index (Phi) is 7.50. The second-order valence-corrected chi connectivity index (χ2v) is 8.21. The molecule has 1 fully saturated rings. The van der Waals surface area contributed by atoms with Crippen LogP contribution in [-0.2, 0) is 36.0 Å². The van der Waals surface area contributed by atoms with Crippen LogP contribution in [-0.4, -0.2) is 25.7 Å². The van der Waals surface area contributed by atoms with E-state index in [4.69, 9.17) is 14.2 Å². The van der Waals surface area contributed by atoms with Gasteiger partial charge in [0, 0.05) is 13.0 Å². The molecule has 5 heteroatoms. The van der Waals surface area contributed by atoms with Gasteiger partial charge in [-0.2, -0.15) is 0 Å². The summed E-state index contributed by atoms with van der Waals surface area (Å²) in [5.41, 5.74) is 1.62. The number of benzene rings is 2. The van der Waals surface area contributed by atoms with Crippen LogP contribution in [0.1, 0.15) is 56.2 Å². The van der Waals surface area contributed by atoms with E-state index >= 15 is 0 Å². The van der Waals surface area contributed by atoms with Crippen molar-refractivity contribution < 1.29 is 23.8 Å². The summed E-state index contributed by atoms with van der Waals surface area (Å²) in [6, 6.07) is 17.3. The van der Waals surface area contributed by atoms with Crippen molar-refractivity contribution in [3.63, 3.8) is 0 Å². The Labute approximate surface area is 184 Å². The molecule has 2 aromatic rings. The molecular formula is C26H32O5. The molecule has 0 spiro atoms. The standard InChI is InChI=1S/C26H32O5/c1-5-19-16-22(24(27)30-6-2)23(19)20-14-12-18(13-15-20)17-31-25(28)26(3,29-4)21-10-8-7-9-11-21/h7-15,19,22-23H,5-6,16-17H2,1-4H3/t19-,22-,23?,26+/m0/s1. The zero-order chi connectivity index (χ0) is 22.4. The van der Waals surface area contributed by atoms with Crippen molar-refractivity contribution in [2.75, 3.05) is 13.7 Å². The quantitative estimate of drug-likeness (QED) is 0.531. The molecule has 4 atom stereocenters. The van der Waals surface area contributed by atoms with E-state index in [9.17, 15) is 9.59 Å². The van der Waals surface area contributed by atoms with E-state index in [2.05, 4.69) is 6.92 Å². The maximum atomic E-state index is 12.8. The lowest BCUT2D eigenvalue weighted by Gasteiger charge is -2.43. The highest BCUT2D eigenvalue weighted by molar-refractivity contribution is 5.81. The third-order valence-electron chi connectivity index (χ3n) is 6.47. The number of esters is 2. The lowest BCUT2D eigenvalue weighted by Crippen LogP contribution is -2.40. The lowest BCUT2D eigenvalue weighted by molar-refractivity contribution is -0.170.